The lowest BCUT2D eigenvalue weighted by Gasteiger charge is -2.32. The Labute approximate surface area is 132 Å². The summed E-state index contributed by atoms with van der Waals surface area (Å²) in [6.07, 6.45) is 3.36. The second kappa shape index (κ2) is 5.29. The number of benzene rings is 1. The summed E-state index contributed by atoms with van der Waals surface area (Å²) >= 11 is 0. The van der Waals surface area contributed by atoms with Crippen molar-refractivity contribution in [1.29, 1.82) is 0 Å². The molecular weight excluding hydrogens is 272 g/mol. The highest BCUT2D eigenvalue weighted by atomic mass is 15.4. The summed E-state index contributed by atoms with van der Waals surface area (Å²) < 4.78 is 0. The molecule has 2 aliphatic rings. The van der Waals surface area contributed by atoms with E-state index in [1.54, 1.807) is 0 Å². The molecule has 0 radical (unpaired) electrons. The standard InChI is InChI=1S/C18H22N4/c1-20(2)15-5-3-14(4-6-15)18-8-7-16(11-19-18)22-12-17-9-10-21(17)13-22/h3-8,11,17H,9-10,12-13H2,1-2H3/t17-/m1/s1. The zero-order valence-corrected chi connectivity index (χ0v) is 13.2. The van der Waals surface area contributed by atoms with Crippen LogP contribution < -0.4 is 9.80 Å². The van der Waals surface area contributed by atoms with E-state index < -0.39 is 0 Å². The molecular formula is C18H22N4. The zero-order valence-electron chi connectivity index (χ0n) is 13.2. The van der Waals surface area contributed by atoms with Gasteiger partial charge in [0, 0.05) is 44.5 Å². The summed E-state index contributed by atoms with van der Waals surface area (Å²) in [5.41, 5.74) is 4.66. The van der Waals surface area contributed by atoms with E-state index in [1.807, 2.05) is 6.20 Å². The second-order valence-corrected chi connectivity index (χ2v) is 6.46. The summed E-state index contributed by atoms with van der Waals surface area (Å²) in [6, 6.07) is 13.7. The molecule has 2 saturated heterocycles. The molecule has 0 saturated carbocycles. The first-order valence-electron chi connectivity index (χ1n) is 7.93. The monoisotopic (exact) mass is 294 g/mol. The van der Waals surface area contributed by atoms with Crippen LogP contribution in [0.3, 0.4) is 0 Å². The van der Waals surface area contributed by atoms with Crippen LogP contribution in [0.15, 0.2) is 42.6 Å². The number of pyridine rings is 1. The molecule has 0 spiro atoms. The van der Waals surface area contributed by atoms with Crippen molar-refractivity contribution in [1.82, 2.24) is 9.88 Å². The molecule has 0 amide bonds. The normalized spacial score (nSPS) is 20.6. The molecule has 1 atom stereocenters. The third kappa shape index (κ3) is 2.33. The minimum atomic E-state index is 0.776. The van der Waals surface area contributed by atoms with Crippen molar-refractivity contribution in [2.75, 3.05) is 43.7 Å². The van der Waals surface area contributed by atoms with Crippen LogP contribution in [-0.4, -0.2) is 49.8 Å². The highest BCUT2D eigenvalue weighted by molar-refractivity contribution is 5.64. The van der Waals surface area contributed by atoms with Crippen molar-refractivity contribution in [3.8, 4) is 11.3 Å². The van der Waals surface area contributed by atoms with Crippen molar-refractivity contribution in [2.45, 2.75) is 12.5 Å². The molecule has 22 heavy (non-hydrogen) atoms. The predicted molar refractivity (Wildman–Crippen MR) is 91.3 cm³/mol. The lowest BCUT2D eigenvalue weighted by atomic mass is 10.1. The number of hydrogen-bond acceptors (Lipinski definition) is 4. The molecule has 1 aromatic heterocycles. The van der Waals surface area contributed by atoms with E-state index >= 15 is 0 Å². The van der Waals surface area contributed by atoms with Crippen LogP contribution in [0, 0.1) is 0 Å². The van der Waals surface area contributed by atoms with Crippen LogP contribution in [0.1, 0.15) is 6.42 Å². The Balaban J connectivity index is 1.51. The Kier molecular flexibility index (Phi) is 3.26. The molecule has 4 heteroatoms. The lowest BCUT2D eigenvalue weighted by Crippen LogP contribution is -2.43. The highest BCUT2D eigenvalue weighted by Crippen LogP contribution is 2.29. The molecule has 0 unspecified atom stereocenters. The lowest BCUT2D eigenvalue weighted by molar-refractivity contribution is 0.148. The first kappa shape index (κ1) is 13.6. The summed E-state index contributed by atoms with van der Waals surface area (Å²) in [5, 5.41) is 0. The summed E-state index contributed by atoms with van der Waals surface area (Å²) in [5.74, 6) is 0. The number of nitrogens with zero attached hydrogens (tertiary/aromatic N) is 4. The van der Waals surface area contributed by atoms with E-state index in [0.29, 0.717) is 0 Å². The molecule has 4 rings (SSSR count). The van der Waals surface area contributed by atoms with Crippen LogP contribution >= 0.6 is 0 Å². The summed E-state index contributed by atoms with van der Waals surface area (Å²) in [4.78, 5) is 11.7. The third-order valence-corrected chi connectivity index (χ3v) is 4.84. The van der Waals surface area contributed by atoms with E-state index in [0.717, 1.165) is 24.9 Å². The summed E-state index contributed by atoms with van der Waals surface area (Å²) in [6.45, 7) is 3.46. The minimum Gasteiger partial charge on any atom is -0.378 e. The van der Waals surface area contributed by atoms with Crippen molar-refractivity contribution in [3.05, 3.63) is 42.6 Å². The molecule has 0 aliphatic carbocycles. The molecule has 0 N–H and O–H groups in total. The topological polar surface area (TPSA) is 22.6 Å². The Morgan fingerprint density at radius 2 is 1.91 bits per heavy atom. The van der Waals surface area contributed by atoms with Crippen LogP contribution in [0.4, 0.5) is 11.4 Å². The fourth-order valence-corrected chi connectivity index (χ4v) is 3.28. The van der Waals surface area contributed by atoms with Gasteiger partial charge in [0.05, 0.1) is 24.2 Å². The fraction of sp³-hybridized carbons (Fsp3) is 0.389. The second-order valence-electron chi connectivity index (χ2n) is 6.46. The average Bonchev–Trinajstić information content (AvgIpc) is 2.83. The third-order valence-electron chi connectivity index (χ3n) is 4.84. The Morgan fingerprint density at radius 1 is 1.09 bits per heavy atom. The molecule has 1 aromatic carbocycles. The van der Waals surface area contributed by atoms with Crippen LogP contribution in [0.5, 0.6) is 0 Å². The van der Waals surface area contributed by atoms with Gasteiger partial charge in [-0.2, -0.15) is 0 Å². The molecule has 3 heterocycles. The van der Waals surface area contributed by atoms with Gasteiger partial charge in [-0.1, -0.05) is 12.1 Å². The van der Waals surface area contributed by atoms with Crippen molar-refractivity contribution < 1.29 is 0 Å². The smallest absolute Gasteiger partial charge is 0.0711 e. The zero-order chi connectivity index (χ0) is 15.1. The number of anilines is 2. The van der Waals surface area contributed by atoms with Crippen molar-refractivity contribution in [2.24, 2.45) is 0 Å². The van der Waals surface area contributed by atoms with Crippen molar-refractivity contribution >= 4 is 11.4 Å². The molecule has 2 fully saturated rings. The largest absolute Gasteiger partial charge is 0.378 e. The van der Waals surface area contributed by atoms with Gasteiger partial charge in [-0.25, -0.2) is 0 Å². The van der Waals surface area contributed by atoms with Gasteiger partial charge in [0.25, 0.3) is 0 Å². The van der Waals surface area contributed by atoms with Gasteiger partial charge in [-0.15, -0.1) is 0 Å². The van der Waals surface area contributed by atoms with Crippen LogP contribution in [-0.2, 0) is 0 Å². The molecule has 2 aromatic rings. The number of fused-ring (bicyclic) bond motifs is 1. The molecule has 4 nitrogen and oxygen atoms in total. The van der Waals surface area contributed by atoms with E-state index in [1.165, 1.54) is 29.9 Å². The quantitative estimate of drug-likeness (QED) is 0.868. The van der Waals surface area contributed by atoms with Gasteiger partial charge >= 0.3 is 0 Å². The van der Waals surface area contributed by atoms with E-state index in [4.69, 9.17) is 0 Å². The van der Waals surface area contributed by atoms with Gasteiger partial charge in [0.2, 0.25) is 0 Å². The Hall–Kier alpha value is -2.07. The molecule has 2 aliphatic heterocycles. The number of aromatic nitrogens is 1. The Bertz CT molecular complexity index is 636. The van der Waals surface area contributed by atoms with Gasteiger partial charge in [-0.05, 0) is 30.7 Å². The molecule has 114 valence electrons. The maximum atomic E-state index is 4.66. The van der Waals surface area contributed by atoms with E-state index in [2.05, 4.69) is 70.2 Å². The SMILES string of the molecule is CN(C)c1ccc(-c2ccc(N3C[C@H]4CCN4C3)cn2)cc1. The first-order valence-corrected chi connectivity index (χ1v) is 7.93. The minimum absolute atomic E-state index is 0.776. The van der Waals surface area contributed by atoms with E-state index in [9.17, 15) is 0 Å². The summed E-state index contributed by atoms with van der Waals surface area (Å²) in [7, 11) is 4.11. The first-order chi connectivity index (χ1) is 10.7. The number of hydrogen-bond donors (Lipinski definition) is 0. The number of rotatable bonds is 3. The van der Waals surface area contributed by atoms with Gasteiger partial charge in [0.15, 0.2) is 0 Å². The maximum Gasteiger partial charge on any atom is 0.0711 e. The van der Waals surface area contributed by atoms with Crippen LogP contribution in [0.2, 0.25) is 0 Å². The van der Waals surface area contributed by atoms with Gasteiger partial charge < -0.3 is 9.80 Å². The maximum absolute atomic E-state index is 4.66. The van der Waals surface area contributed by atoms with Gasteiger partial charge in [-0.3, -0.25) is 9.88 Å². The fourth-order valence-electron chi connectivity index (χ4n) is 3.28. The van der Waals surface area contributed by atoms with Crippen molar-refractivity contribution in [3.63, 3.8) is 0 Å². The molecule has 0 bridgehead atoms. The van der Waals surface area contributed by atoms with Crippen LogP contribution in [0.25, 0.3) is 11.3 Å². The highest BCUT2D eigenvalue weighted by Gasteiger charge is 2.36. The average molecular weight is 294 g/mol. The predicted octanol–water partition coefficient (Wildman–Crippen LogP) is 2.67. The van der Waals surface area contributed by atoms with E-state index in [-0.39, 0.29) is 0 Å². The van der Waals surface area contributed by atoms with Gasteiger partial charge in [0.1, 0.15) is 0 Å². The Morgan fingerprint density at radius 3 is 2.41 bits per heavy atom.